The molecule has 4 nitrogen and oxygen atoms in total. The fourth-order valence-corrected chi connectivity index (χ4v) is 1.71. The molecule has 1 aliphatic rings. The number of aromatic hydroxyl groups is 1. The van der Waals surface area contributed by atoms with Crippen LogP contribution in [0.25, 0.3) is 0 Å². The monoisotopic (exact) mass is 209 g/mol. The number of fused-ring (bicyclic) bond motifs is 1. The van der Waals surface area contributed by atoms with Gasteiger partial charge >= 0.3 is 0 Å². The van der Waals surface area contributed by atoms with Crippen LogP contribution in [0.5, 0.6) is 17.2 Å². The Balaban J connectivity index is 2.15. The Morgan fingerprint density at radius 2 is 2.13 bits per heavy atom. The Morgan fingerprint density at radius 1 is 1.27 bits per heavy atom. The van der Waals surface area contributed by atoms with E-state index in [1.54, 1.807) is 12.1 Å². The summed E-state index contributed by atoms with van der Waals surface area (Å²) in [4.78, 5) is 0. The van der Waals surface area contributed by atoms with Crippen LogP contribution < -0.4 is 15.2 Å². The summed E-state index contributed by atoms with van der Waals surface area (Å²) in [5.41, 5.74) is 6.43. The second kappa shape index (κ2) is 4.40. The fraction of sp³-hybridized carbons (Fsp3) is 0.455. The zero-order chi connectivity index (χ0) is 10.7. The molecule has 0 atom stereocenters. The van der Waals surface area contributed by atoms with Crippen LogP contribution in [0.15, 0.2) is 12.1 Å². The summed E-state index contributed by atoms with van der Waals surface area (Å²) in [6.07, 6.45) is 2.83. The number of nitrogens with two attached hydrogens (primary N) is 1. The summed E-state index contributed by atoms with van der Waals surface area (Å²) in [7, 11) is 0. The summed E-state index contributed by atoms with van der Waals surface area (Å²) < 4.78 is 10.6. The molecule has 0 radical (unpaired) electrons. The molecule has 82 valence electrons. The second-order valence-corrected chi connectivity index (χ2v) is 3.58. The van der Waals surface area contributed by atoms with Crippen molar-refractivity contribution in [2.75, 3.05) is 13.3 Å². The molecule has 2 rings (SSSR count). The summed E-state index contributed by atoms with van der Waals surface area (Å²) in [5, 5.41) is 9.47. The highest BCUT2D eigenvalue weighted by molar-refractivity contribution is 5.52. The lowest BCUT2D eigenvalue weighted by atomic mass is 10.1. The largest absolute Gasteiger partial charge is 0.508 e. The lowest BCUT2D eigenvalue weighted by Gasteiger charge is -2.06. The topological polar surface area (TPSA) is 64.7 Å². The van der Waals surface area contributed by atoms with Crippen LogP contribution in [0.1, 0.15) is 18.4 Å². The van der Waals surface area contributed by atoms with Gasteiger partial charge in [-0.25, -0.2) is 0 Å². The number of unbranched alkanes of at least 4 members (excludes halogenated alkanes) is 1. The molecule has 0 saturated heterocycles. The van der Waals surface area contributed by atoms with E-state index in [9.17, 15) is 5.11 Å². The third kappa shape index (κ3) is 2.15. The van der Waals surface area contributed by atoms with Crippen LogP contribution in [0.4, 0.5) is 0 Å². The highest BCUT2D eigenvalue weighted by atomic mass is 16.7. The van der Waals surface area contributed by atoms with Crippen LogP contribution in [0.3, 0.4) is 0 Å². The minimum absolute atomic E-state index is 0.224. The maximum atomic E-state index is 9.47. The predicted molar refractivity (Wildman–Crippen MR) is 56.2 cm³/mol. The van der Waals surface area contributed by atoms with Crippen molar-refractivity contribution in [3.05, 3.63) is 17.7 Å². The van der Waals surface area contributed by atoms with Crippen LogP contribution in [-0.2, 0) is 6.42 Å². The molecule has 15 heavy (non-hydrogen) atoms. The first kappa shape index (κ1) is 10.1. The summed E-state index contributed by atoms with van der Waals surface area (Å²) in [6.45, 7) is 0.932. The number of aryl methyl sites for hydroxylation is 1. The molecule has 0 aliphatic carbocycles. The van der Waals surface area contributed by atoms with E-state index in [-0.39, 0.29) is 12.5 Å². The molecular formula is C11H15NO3. The fourth-order valence-electron chi connectivity index (χ4n) is 1.71. The van der Waals surface area contributed by atoms with Gasteiger partial charge in [-0.15, -0.1) is 0 Å². The number of phenolic OH excluding ortho intramolecular Hbond substituents is 1. The first-order valence-corrected chi connectivity index (χ1v) is 5.13. The van der Waals surface area contributed by atoms with Gasteiger partial charge in [0.1, 0.15) is 5.75 Å². The number of hydrogen-bond acceptors (Lipinski definition) is 4. The van der Waals surface area contributed by atoms with Gasteiger partial charge in [0.05, 0.1) is 0 Å². The van der Waals surface area contributed by atoms with Crippen molar-refractivity contribution >= 4 is 0 Å². The van der Waals surface area contributed by atoms with Gasteiger partial charge in [-0.2, -0.15) is 0 Å². The molecular weight excluding hydrogens is 194 g/mol. The first-order valence-electron chi connectivity index (χ1n) is 5.13. The number of rotatable bonds is 4. The SMILES string of the molecule is NCCCCc1cc(O)cc2c1OCO2. The Morgan fingerprint density at radius 3 is 2.93 bits per heavy atom. The van der Waals surface area contributed by atoms with Gasteiger partial charge < -0.3 is 20.3 Å². The van der Waals surface area contributed by atoms with E-state index < -0.39 is 0 Å². The maximum absolute atomic E-state index is 9.47. The van der Waals surface area contributed by atoms with E-state index in [0.717, 1.165) is 30.6 Å². The Hall–Kier alpha value is -1.42. The molecule has 1 heterocycles. The molecule has 0 saturated carbocycles. The predicted octanol–water partition coefficient (Wildman–Crippen LogP) is 1.40. The van der Waals surface area contributed by atoms with Crippen molar-refractivity contribution in [2.24, 2.45) is 5.73 Å². The van der Waals surface area contributed by atoms with Gasteiger partial charge in [0.15, 0.2) is 11.5 Å². The maximum Gasteiger partial charge on any atom is 0.231 e. The third-order valence-corrected chi connectivity index (χ3v) is 2.43. The highest BCUT2D eigenvalue weighted by Gasteiger charge is 2.18. The van der Waals surface area contributed by atoms with Crippen molar-refractivity contribution in [3.63, 3.8) is 0 Å². The molecule has 0 aromatic heterocycles. The molecule has 3 N–H and O–H groups in total. The highest BCUT2D eigenvalue weighted by Crippen LogP contribution is 2.39. The second-order valence-electron chi connectivity index (χ2n) is 3.58. The molecule has 4 heteroatoms. The van der Waals surface area contributed by atoms with Crippen molar-refractivity contribution in [3.8, 4) is 17.2 Å². The number of ether oxygens (including phenoxy) is 2. The van der Waals surface area contributed by atoms with Crippen LogP contribution in [0, 0.1) is 0 Å². The van der Waals surface area contributed by atoms with E-state index in [1.165, 1.54) is 0 Å². The number of phenols is 1. The Kier molecular flexibility index (Phi) is 2.97. The summed E-state index contributed by atoms with van der Waals surface area (Å²) in [5.74, 6) is 1.63. The van der Waals surface area contributed by atoms with Gasteiger partial charge in [-0.3, -0.25) is 0 Å². The van der Waals surface area contributed by atoms with Crippen molar-refractivity contribution in [1.29, 1.82) is 0 Å². The van der Waals surface area contributed by atoms with E-state index >= 15 is 0 Å². The van der Waals surface area contributed by atoms with Gasteiger partial charge in [0.25, 0.3) is 0 Å². The lowest BCUT2D eigenvalue weighted by molar-refractivity contribution is 0.173. The zero-order valence-corrected chi connectivity index (χ0v) is 8.53. The molecule has 0 unspecified atom stereocenters. The molecule has 1 aliphatic heterocycles. The molecule has 0 amide bonds. The smallest absolute Gasteiger partial charge is 0.231 e. The van der Waals surface area contributed by atoms with Gasteiger partial charge in [-0.1, -0.05) is 0 Å². The van der Waals surface area contributed by atoms with E-state index in [2.05, 4.69) is 0 Å². The molecule has 1 aromatic carbocycles. The molecule has 1 aromatic rings. The molecule has 0 bridgehead atoms. The van der Waals surface area contributed by atoms with Crippen molar-refractivity contribution < 1.29 is 14.6 Å². The number of benzene rings is 1. The quantitative estimate of drug-likeness (QED) is 0.736. The van der Waals surface area contributed by atoms with Crippen LogP contribution in [0.2, 0.25) is 0 Å². The molecule has 0 fully saturated rings. The average Bonchev–Trinajstić information content (AvgIpc) is 2.65. The van der Waals surface area contributed by atoms with E-state index in [4.69, 9.17) is 15.2 Å². The van der Waals surface area contributed by atoms with Gasteiger partial charge in [-0.05, 0) is 31.9 Å². The minimum Gasteiger partial charge on any atom is -0.508 e. The van der Waals surface area contributed by atoms with Crippen LogP contribution >= 0.6 is 0 Å². The van der Waals surface area contributed by atoms with Gasteiger partial charge in [0.2, 0.25) is 6.79 Å². The zero-order valence-electron chi connectivity index (χ0n) is 8.53. The lowest BCUT2D eigenvalue weighted by Crippen LogP contribution is -1.99. The Labute approximate surface area is 88.6 Å². The number of hydrogen-bond donors (Lipinski definition) is 2. The van der Waals surface area contributed by atoms with E-state index in [0.29, 0.717) is 12.3 Å². The minimum atomic E-state index is 0.224. The third-order valence-electron chi connectivity index (χ3n) is 2.43. The van der Waals surface area contributed by atoms with E-state index in [1.807, 2.05) is 0 Å². The molecule has 0 spiro atoms. The van der Waals surface area contributed by atoms with Crippen LogP contribution in [-0.4, -0.2) is 18.4 Å². The standard InChI is InChI=1S/C11H15NO3/c12-4-2-1-3-8-5-9(13)6-10-11(8)15-7-14-10/h5-6,13H,1-4,7,12H2. The van der Waals surface area contributed by atoms with Crippen molar-refractivity contribution in [1.82, 2.24) is 0 Å². The first-order chi connectivity index (χ1) is 7.31. The van der Waals surface area contributed by atoms with Gasteiger partial charge in [0, 0.05) is 11.6 Å². The van der Waals surface area contributed by atoms with Crippen molar-refractivity contribution in [2.45, 2.75) is 19.3 Å². The summed E-state index contributed by atoms with van der Waals surface area (Å²) in [6, 6.07) is 3.30. The normalized spacial score (nSPS) is 13.1. The summed E-state index contributed by atoms with van der Waals surface area (Å²) >= 11 is 0. The Bertz CT molecular complexity index is 352. The average molecular weight is 209 g/mol.